The topological polar surface area (TPSA) is 112 Å². The van der Waals surface area contributed by atoms with E-state index in [0.717, 1.165) is 50.7 Å². The van der Waals surface area contributed by atoms with Gasteiger partial charge in [-0.25, -0.2) is 14.6 Å². The van der Waals surface area contributed by atoms with Gasteiger partial charge in [0, 0.05) is 38.8 Å². The fourth-order valence-electron chi connectivity index (χ4n) is 2.94. The van der Waals surface area contributed by atoms with Crippen molar-refractivity contribution in [2.75, 3.05) is 27.2 Å². The summed E-state index contributed by atoms with van der Waals surface area (Å²) in [7, 11) is 4.20. The van der Waals surface area contributed by atoms with Gasteiger partial charge < -0.3 is 24.1 Å². The van der Waals surface area contributed by atoms with Crippen LogP contribution < -0.4 is 0 Å². The van der Waals surface area contributed by atoms with Crippen molar-refractivity contribution in [1.82, 2.24) is 19.4 Å². The van der Waals surface area contributed by atoms with E-state index in [-0.39, 0.29) is 0 Å². The van der Waals surface area contributed by atoms with E-state index in [2.05, 4.69) is 39.5 Å². The molecule has 0 amide bonds. The lowest BCUT2D eigenvalue weighted by Gasteiger charge is -2.18. The van der Waals surface area contributed by atoms with Gasteiger partial charge in [0.2, 0.25) is 0 Å². The number of carboxylic acid groups (broad SMARTS) is 2. The second-order valence-corrected chi connectivity index (χ2v) is 7.70. The zero-order chi connectivity index (χ0) is 27.0. The molecule has 3 rings (SSSR count). The summed E-state index contributed by atoms with van der Waals surface area (Å²) in [6, 6.07) is 4.11. The fraction of sp³-hybridized carbons (Fsp3) is 0.550. The molecule has 0 spiro atoms. The molecule has 9 nitrogen and oxygen atoms in total. The van der Waals surface area contributed by atoms with Crippen molar-refractivity contribution in [1.29, 1.82) is 0 Å². The van der Waals surface area contributed by atoms with Gasteiger partial charge in [-0.15, -0.1) is 0 Å². The van der Waals surface area contributed by atoms with E-state index in [4.69, 9.17) is 24.2 Å². The number of fused-ring (bicyclic) bond motifs is 1. The molecule has 0 unspecified atom stereocenters. The van der Waals surface area contributed by atoms with Crippen molar-refractivity contribution >= 4 is 11.9 Å². The van der Waals surface area contributed by atoms with Gasteiger partial charge in [-0.1, -0.05) is 0 Å². The van der Waals surface area contributed by atoms with Gasteiger partial charge in [0.25, 0.3) is 0 Å². The third-order valence-electron chi connectivity index (χ3n) is 4.45. The SMILES string of the molecule is Cc1ccc(CN2CCc3ncc(CN(C)C)n3CC2)o1.O=C(O)C(F)(F)F.O=C(O)C(F)(F)F. The summed E-state index contributed by atoms with van der Waals surface area (Å²) in [5, 5.41) is 14.2. The van der Waals surface area contributed by atoms with Crippen LogP contribution >= 0.6 is 0 Å². The molecule has 2 aromatic rings. The minimum atomic E-state index is -5.08. The van der Waals surface area contributed by atoms with Gasteiger partial charge in [0.15, 0.2) is 0 Å². The van der Waals surface area contributed by atoms with Gasteiger partial charge in [0.1, 0.15) is 17.3 Å². The molecule has 0 radical (unpaired) electrons. The van der Waals surface area contributed by atoms with Crippen LogP contribution in [0, 0.1) is 6.92 Å². The van der Waals surface area contributed by atoms with Crippen molar-refractivity contribution in [3.63, 3.8) is 0 Å². The summed E-state index contributed by atoms with van der Waals surface area (Å²) in [6.45, 7) is 6.93. The quantitative estimate of drug-likeness (QED) is 0.597. The zero-order valence-corrected chi connectivity index (χ0v) is 19.2. The Morgan fingerprint density at radius 3 is 2.00 bits per heavy atom. The normalized spacial score (nSPS) is 14.2. The molecule has 0 saturated carbocycles. The first-order valence-electron chi connectivity index (χ1n) is 10.1. The van der Waals surface area contributed by atoms with Crippen molar-refractivity contribution in [2.45, 2.75) is 45.3 Å². The van der Waals surface area contributed by atoms with E-state index in [1.807, 2.05) is 19.2 Å². The molecule has 1 aliphatic rings. The first-order valence-corrected chi connectivity index (χ1v) is 10.1. The first kappa shape index (κ1) is 30.0. The number of aliphatic carboxylic acids is 2. The summed E-state index contributed by atoms with van der Waals surface area (Å²) in [4.78, 5) is 27.0. The molecule has 15 heteroatoms. The predicted octanol–water partition coefficient (Wildman–Crippen LogP) is 3.17. The van der Waals surface area contributed by atoms with E-state index in [0.29, 0.717) is 0 Å². The van der Waals surface area contributed by atoms with E-state index in [1.54, 1.807) is 0 Å². The van der Waals surface area contributed by atoms with Crippen LogP contribution in [-0.4, -0.2) is 81.0 Å². The molecule has 0 fully saturated rings. The minimum Gasteiger partial charge on any atom is -0.475 e. The smallest absolute Gasteiger partial charge is 0.475 e. The standard InChI is InChI=1S/C16H24N4O.2C2HF3O2/c1-13-4-5-15(21-13)12-19-7-6-16-17-10-14(11-18(2)3)20(16)9-8-19;2*3-2(4,5)1(6)7/h4-5,10H,6-9,11-12H2,1-3H3;2*(H,6,7). The van der Waals surface area contributed by atoms with E-state index in [1.165, 1.54) is 11.5 Å². The van der Waals surface area contributed by atoms with Crippen LogP contribution in [0.2, 0.25) is 0 Å². The third-order valence-corrected chi connectivity index (χ3v) is 4.45. The molecule has 1 aliphatic heterocycles. The van der Waals surface area contributed by atoms with E-state index < -0.39 is 24.3 Å². The second kappa shape index (κ2) is 12.6. The molecule has 0 aromatic carbocycles. The summed E-state index contributed by atoms with van der Waals surface area (Å²) in [5.74, 6) is -2.26. The number of hydrogen-bond donors (Lipinski definition) is 2. The number of rotatable bonds is 4. The molecule has 3 heterocycles. The monoisotopic (exact) mass is 516 g/mol. The van der Waals surface area contributed by atoms with Crippen molar-refractivity contribution in [2.24, 2.45) is 0 Å². The predicted molar refractivity (Wildman–Crippen MR) is 109 cm³/mol. The van der Waals surface area contributed by atoms with Crippen LogP contribution in [0.3, 0.4) is 0 Å². The maximum atomic E-state index is 10.6. The number of imidazole rings is 1. The fourth-order valence-corrected chi connectivity index (χ4v) is 2.94. The second-order valence-electron chi connectivity index (χ2n) is 7.70. The molecular formula is C20H26F6N4O5. The number of halogens is 6. The minimum absolute atomic E-state index is 0.891. The van der Waals surface area contributed by atoms with Gasteiger partial charge >= 0.3 is 24.3 Å². The Bertz CT molecular complexity index is 944. The lowest BCUT2D eigenvalue weighted by molar-refractivity contribution is -0.193. The number of hydrogen-bond acceptors (Lipinski definition) is 6. The Balaban J connectivity index is 0.000000362. The highest BCUT2D eigenvalue weighted by molar-refractivity contribution is 5.73. The van der Waals surface area contributed by atoms with Crippen molar-refractivity contribution < 1.29 is 50.6 Å². The molecule has 0 bridgehead atoms. The maximum absolute atomic E-state index is 10.6. The van der Waals surface area contributed by atoms with Crippen molar-refractivity contribution in [3.8, 4) is 0 Å². The van der Waals surface area contributed by atoms with Crippen molar-refractivity contribution in [3.05, 3.63) is 41.4 Å². The summed E-state index contributed by atoms with van der Waals surface area (Å²) >= 11 is 0. The van der Waals surface area contributed by atoms with Gasteiger partial charge in [-0.3, -0.25) is 4.90 Å². The summed E-state index contributed by atoms with van der Waals surface area (Å²) in [6.07, 6.45) is -7.13. The largest absolute Gasteiger partial charge is 0.490 e. The van der Waals surface area contributed by atoms with Crippen LogP contribution in [0.5, 0.6) is 0 Å². The molecule has 35 heavy (non-hydrogen) atoms. The lowest BCUT2D eigenvalue weighted by Crippen LogP contribution is -2.26. The highest BCUT2D eigenvalue weighted by atomic mass is 19.4. The Hall–Kier alpha value is -3.07. The third kappa shape index (κ3) is 10.8. The average Bonchev–Trinajstić information content (AvgIpc) is 3.22. The number of alkyl halides is 6. The number of carboxylic acids is 2. The molecule has 198 valence electrons. The average molecular weight is 516 g/mol. The number of carbonyl (C=O) groups is 2. The molecule has 2 N–H and O–H groups in total. The van der Waals surface area contributed by atoms with E-state index >= 15 is 0 Å². The van der Waals surface area contributed by atoms with Gasteiger partial charge in [0.05, 0.1) is 12.2 Å². The highest BCUT2D eigenvalue weighted by Crippen LogP contribution is 2.16. The number of aryl methyl sites for hydroxylation is 1. The molecule has 0 aliphatic carbocycles. The zero-order valence-electron chi connectivity index (χ0n) is 19.2. The summed E-state index contributed by atoms with van der Waals surface area (Å²) in [5.41, 5.74) is 1.31. The number of furan rings is 1. The number of nitrogens with zero attached hydrogens (tertiary/aromatic N) is 4. The Morgan fingerprint density at radius 2 is 1.57 bits per heavy atom. The Labute approximate surface area is 196 Å². The Kier molecular flexibility index (Phi) is 10.8. The Morgan fingerprint density at radius 1 is 1.03 bits per heavy atom. The maximum Gasteiger partial charge on any atom is 0.490 e. The van der Waals surface area contributed by atoms with E-state index in [9.17, 15) is 26.3 Å². The van der Waals surface area contributed by atoms with Crippen LogP contribution in [0.1, 0.15) is 23.0 Å². The first-order chi connectivity index (χ1) is 16.0. The van der Waals surface area contributed by atoms with Crippen LogP contribution in [0.4, 0.5) is 26.3 Å². The molecule has 0 atom stereocenters. The van der Waals surface area contributed by atoms with Gasteiger partial charge in [-0.2, -0.15) is 26.3 Å². The molecular weight excluding hydrogens is 490 g/mol. The van der Waals surface area contributed by atoms with Crippen LogP contribution in [0.15, 0.2) is 22.7 Å². The van der Waals surface area contributed by atoms with Crippen LogP contribution in [0.25, 0.3) is 0 Å². The van der Waals surface area contributed by atoms with Crippen LogP contribution in [-0.2, 0) is 35.6 Å². The summed E-state index contributed by atoms with van der Waals surface area (Å²) < 4.78 is 71.5. The highest BCUT2D eigenvalue weighted by Gasteiger charge is 2.38. The molecule has 2 aromatic heterocycles. The number of aromatic nitrogens is 2. The van der Waals surface area contributed by atoms with Gasteiger partial charge in [-0.05, 0) is 33.2 Å². The lowest BCUT2D eigenvalue weighted by atomic mass is 10.3. The molecule has 0 saturated heterocycles.